The average molecular weight is 465 g/mol. The molecule has 7 rings (SSSR count). The zero-order valence-corrected chi connectivity index (χ0v) is 19.8. The van der Waals surface area contributed by atoms with Crippen LogP contribution in [-0.4, -0.2) is 4.98 Å². The topological polar surface area (TPSA) is 25.4 Å². The lowest BCUT2D eigenvalue weighted by atomic mass is 9.93. The quantitative estimate of drug-likeness (QED) is 0.261. The number of aromatic nitrogens is 1. The van der Waals surface area contributed by atoms with E-state index in [2.05, 4.69) is 102 Å². The van der Waals surface area contributed by atoms with Gasteiger partial charge in [-0.15, -0.1) is 0 Å². The molecule has 0 amide bonds. The molecule has 0 radical (unpaired) electrons. The van der Waals surface area contributed by atoms with Crippen molar-refractivity contribution in [2.24, 2.45) is 0 Å². The van der Waals surface area contributed by atoms with Gasteiger partial charge >= 0.3 is 0 Å². The Morgan fingerprint density at radius 1 is 0.722 bits per heavy atom. The first-order valence-corrected chi connectivity index (χ1v) is 12.4. The van der Waals surface area contributed by atoms with Crippen LogP contribution in [-0.2, 0) is 0 Å². The van der Waals surface area contributed by atoms with E-state index in [4.69, 9.17) is 9.72 Å². The average Bonchev–Trinajstić information content (AvgIpc) is 2.96. The van der Waals surface area contributed by atoms with Crippen LogP contribution in [0.25, 0.3) is 27.7 Å². The summed E-state index contributed by atoms with van der Waals surface area (Å²) in [6.45, 7) is 0. The SMILES string of the molecule is C1=CCCC(c2cc(-c3cccc(N4c5ccccc5Oc5ccccc54)c3)nc3ccccc23)=C1. The number of allylic oxidation sites excluding steroid dienone is 4. The molecule has 0 saturated carbocycles. The maximum absolute atomic E-state index is 6.21. The van der Waals surface area contributed by atoms with E-state index in [1.165, 1.54) is 16.5 Å². The van der Waals surface area contributed by atoms with Crippen LogP contribution in [0.4, 0.5) is 17.1 Å². The molecule has 0 spiro atoms. The molecule has 0 unspecified atom stereocenters. The number of pyridine rings is 1. The fourth-order valence-electron chi connectivity index (χ4n) is 5.20. The molecule has 1 aliphatic heterocycles. The van der Waals surface area contributed by atoms with Crippen molar-refractivity contribution in [3.05, 3.63) is 127 Å². The van der Waals surface area contributed by atoms with Gasteiger partial charge in [0.25, 0.3) is 0 Å². The molecule has 4 aromatic carbocycles. The van der Waals surface area contributed by atoms with Gasteiger partial charge < -0.3 is 9.64 Å². The summed E-state index contributed by atoms with van der Waals surface area (Å²) in [7, 11) is 0. The lowest BCUT2D eigenvalue weighted by molar-refractivity contribution is 0.477. The summed E-state index contributed by atoms with van der Waals surface area (Å²) in [6.07, 6.45) is 8.76. The molecule has 0 fully saturated rings. The molecule has 0 bridgehead atoms. The minimum Gasteiger partial charge on any atom is -0.453 e. The Bertz CT molecular complexity index is 1640. The number of fused-ring (bicyclic) bond motifs is 3. The molecule has 172 valence electrons. The van der Waals surface area contributed by atoms with Crippen LogP contribution in [0.2, 0.25) is 0 Å². The van der Waals surface area contributed by atoms with E-state index in [1.54, 1.807) is 0 Å². The van der Waals surface area contributed by atoms with Gasteiger partial charge in [-0.05, 0) is 72.5 Å². The molecule has 5 aromatic rings. The van der Waals surface area contributed by atoms with Crippen molar-refractivity contribution < 1.29 is 4.74 Å². The number of anilines is 3. The summed E-state index contributed by atoms with van der Waals surface area (Å²) in [5, 5.41) is 1.20. The molecule has 3 heteroatoms. The maximum atomic E-state index is 6.21. The number of ether oxygens (including phenoxy) is 1. The molecule has 0 saturated heterocycles. The third-order valence-electron chi connectivity index (χ3n) is 6.91. The van der Waals surface area contributed by atoms with Crippen LogP contribution in [0.1, 0.15) is 18.4 Å². The second kappa shape index (κ2) is 8.54. The van der Waals surface area contributed by atoms with Crippen LogP contribution in [0.3, 0.4) is 0 Å². The molecule has 2 aliphatic rings. The van der Waals surface area contributed by atoms with Gasteiger partial charge in [0, 0.05) is 16.6 Å². The monoisotopic (exact) mass is 464 g/mol. The first kappa shape index (κ1) is 20.7. The summed E-state index contributed by atoms with van der Waals surface area (Å²) in [5.74, 6) is 1.70. The second-order valence-electron chi connectivity index (χ2n) is 9.15. The van der Waals surface area contributed by atoms with Gasteiger partial charge in [-0.2, -0.15) is 0 Å². The van der Waals surface area contributed by atoms with E-state index in [0.717, 1.165) is 58.2 Å². The number of benzene rings is 4. The summed E-state index contributed by atoms with van der Waals surface area (Å²) in [5.41, 5.74) is 8.86. The van der Waals surface area contributed by atoms with Crippen LogP contribution in [0.15, 0.2) is 121 Å². The van der Waals surface area contributed by atoms with Crippen molar-refractivity contribution in [3.63, 3.8) is 0 Å². The Morgan fingerprint density at radius 2 is 1.47 bits per heavy atom. The third-order valence-corrected chi connectivity index (χ3v) is 6.91. The van der Waals surface area contributed by atoms with Gasteiger partial charge in [0.15, 0.2) is 11.5 Å². The van der Waals surface area contributed by atoms with E-state index in [0.29, 0.717) is 0 Å². The summed E-state index contributed by atoms with van der Waals surface area (Å²) < 4.78 is 6.21. The van der Waals surface area contributed by atoms with Gasteiger partial charge in [-0.25, -0.2) is 4.98 Å². The Kier molecular flexibility index (Phi) is 4.92. The zero-order valence-electron chi connectivity index (χ0n) is 19.8. The van der Waals surface area contributed by atoms with Crippen LogP contribution in [0, 0.1) is 0 Å². The highest BCUT2D eigenvalue weighted by atomic mass is 16.5. The molecule has 1 aliphatic carbocycles. The van der Waals surface area contributed by atoms with Crippen molar-refractivity contribution >= 4 is 33.5 Å². The largest absolute Gasteiger partial charge is 0.453 e. The fourth-order valence-corrected chi connectivity index (χ4v) is 5.20. The Morgan fingerprint density at radius 3 is 2.25 bits per heavy atom. The zero-order chi connectivity index (χ0) is 23.9. The molecule has 36 heavy (non-hydrogen) atoms. The minimum absolute atomic E-state index is 0.852. The van der Waals surface area contributed by atoms with Crippen LogP contribution < -0.4 is 9.64 Å². The van der Waals surface area contributed by atoms with E-state index >= 15 is 0 Å². The first-order chi connectivity index (χ1) is 17.8. The van der Waals surface area contributed by atoms with E-state index in [9.17, 15) is 0 Å². The molecule has 0 N–H and O–H groups in total. The van der Waals surface area contributed by atoms with Gasteiger partial charge in [-0.1, -0.05) is 72.8 Å². The summed E-state index contributed by atoms with van der Waals surface area (Å²) >= 11 is 0. The van der Waals surface area contributed by atoms with Crippen molar-refractivity contribution in [2.75, 3.05) is 4.90 Å². The molecule has 1 aromatic heterocycles. The molecular formula is C33H24N2O. The minimum atomic E-state index is 0.852. The van der Waals surface area contributed by atoms with Crippen LogP contribution >= 0.6 is 0 Å². The number of nitrogens with zero attached hydrogens (tertiary/aromatic N) is 2. The Hall–Kier alpha value is -4.63. The number of hydrogen-bond donors (Lipinski definition) is 0. The number of hydrogen-bond acceptors (Lipinski definition) is 3. The highest BCUT2D eigenvalue weighted by Crippen LogP contribution is 2.50. The van der Waals surface area contributed by atoms with Crippen molar-refractivity contribution in [1.82, 2.24) is 4.98 Å². The summed E-state index contributed by atoms with van der Waals surface area (Å²) in [4.78, 5) is 7.36. The maximum Gasteiger partial charge on any atom is 0.151 e. The Labute approximate surface area is 210 Å². The molecule has 3 nitrogen and oxygen atoms in total. The van der Waals surface area contributed by atoms with Crippen molar-refractivity contribution in [3.8, 4) is 22.8 Å². The first-order valence-electron chi connectivity index (χ1n) is 12.4. The van der Waals surface area contributed by atoms with E-state index < -0.39 is 0 Å². The Balaban J connectivity index is 1.39. The van der Waals surface area contributed by atoms with E-state index in [1.807, 2.05) is 24.3 Å². The third kappa shape index (κ3) is 3.48. The highest BCUT2D eigenvalue weighted by molar-refractivity contribution is 5.95. The van der Waals surface area contributed by atoms with Crippen LogP contribution in [0.5, 0.6) is 11.5 Å². The fraction of sp³-hybridized carbons (Fsp3) is 0.0606. The second-order valence-corrected chi connectivity index (χ2v) is 9.15. The predicted octanol–water partition coefficient (Wildman–Crippen LogP) is 9.21. The van der Waals surface area contributed by atoms with Gasteiger partial charge in [0.1, 0.15) is 0 Å². The van der Waals surface area contributed by atoms with E-state index in [-0.39, 0.29) is 0 Å². The number of para-hydroxylation sites is 5. The van der Waals surface area contributed by atoms with Crippen molar-refractivity contribution in [1.29, 1.82) is 0 Å². The van der Waals surface area contributed by atoms with Gasteiger partial charge in [0.05, 0.1) is 22.6 Å². The highest BCUT2D eigenvalue weighted by Gasteiger charge is 2.25. The molecule has 0 atom stereocenters. The normalized spacial score (nSPS) is 14.1. The standard InChI is InChI=1S/C33H24N2O/c1-2-11-23(12-3-1)27-22-29(34-28-16-5-4-15-26(27)28)24-13-10-14-25(21-24)35-30-17-6-8-19-32(30)36-33-20-9-7-18-31(33)35/h1-2,4-11,13-22H,3,12H2. The molecule has 2 heterocycles. The van der Waals surface area contributed by atoms with Crippen molar-refractivity contribution in [2.45, 2.75) is 12.8 Å². The molecular weight excluding hydrogens is 440 g/mol. The lowest BCUT2D eigenvalue weighted by Crippen LogP contribution is -2.15. The van der Waals surface area contributed by atoms with Gasteiger partial charge in [-0.3, -0.25) is 0 Å². The summed E-state index contributed by atoms with van der Waals surface area (Å²) in [6, 6.07) is 35.7. The predicted molar refractivity (Wildman–Crippen MR) is 148 cm³/mol. The smallest absolute Gasteiger partial charge is 0.151 e. The van der Waals surface area contributed by atoms with Gasteiger partial charge in [0.2, 0.25) is 0 Å². The number of rotatable bonds is 3. The lowest BCUT2D eigenvalue weighted by Gasteiger charge is -2.33.